The average Bonchev–Trinajstić information content (AvgIpc) is 2.51. The van der Waals surface area contributed by atoms with E-state index in [1.54, 1.807) is 6.07 Å². The van der Waals surface area contributed by atoms with Crippen molar-refractivity contribution in [3.05, 3.63) is 24.3 Å². The Morgan fingerprint density at radius 2 is 1.33 bits per heavy atom. The molecule has 0 aliphatic rings. The van der Waals surface area contributed by atoms with Crippen molar-refractivity contribution in [2.75, 3.05) is 0 Å². The van der Waals surface area contributed by atoms with E-state index < -0.39 is 0 Å². The number of benzene rings is 1. The van der Waals surface area contributed by atoms with Gasteiger partial charge in [0.1, 0.15) is 5.60 Å². The first kappa shape index (κ1) is 17.9. The molecule has 0 spiro atoms. The first-order valence-electron chi connectivity index (χ1n) is 8.64. The summed E-state index contributed by atoms with van der Waals surface area (Å²) in [7, 11) is 0. The van der Waals surface area contributed by atoms with Crippen molar-refractivity contribution in [1.82, 2.24) is 0 Å². The quantitative estimate of drug-likeness (QED) is 0.535. The molecule has 0 radical (unpaired) electrons. The van der Waals surface area contributed by atoms with E-state index in [2.05, 4.69) is 20.8 Å². The fourth-order valence-corrected chi connectivity index (χ4v) is 2.80. The molecule has 1 N–H and O–H groups in total. The molecule has 0 aliphatic heterocycles. The molecule has 0 aliphatic carbocycles. The number of para-hydroxylation sites is 2. The Bertz CT molecular complexity index is 365. The molecule has 0 atom stereocenters. The molecule has 0 amide bonds. The maximum atomic E-state index is 10.0. The highest BCUT2D eigenvalue weighted by Crippen LogP contribution is 2.36. The van der Waals surface area contributed by atoms with Gasteiger partial charge in [-0.2, -0.15) is 0 Å². The van der Waals surface area contributed by atoms with E-state index in [1.807, 2.05) is 18.2 Å². The highest BCUT2D eigenvalue weighted by Gasteiger charge is 2.31. The summed E-state index contributed by atoms with van der Waals surface area (Å²) in [6.07, 6.45) is 10.3. The number of phenols is 1. The van der Waals surface area contributed by atoms with Gasteiger partial charge < -0.3 is 9.84 Å². The maximum Gasteiger partial charge on any atom is 0.161 e. The number of hydrogen-bond acceptors (Lipinski definition) is 2. The Morgan fingerprint density at radius 1 is 0.857 bits per heavy atom. The second-order valence-corrected chi connectivity index (χ2v) is 6.06. The molecule has 2 heteroatoms. The van der Waals surface area contributed by atoms with E-state index in [9.17, 15) is 5.11 Å². The van der Waals surface area contributed by atoms with Gasteiger partial charge in [-0.25, -0.2) is 0 Å². The Morgan fingerprint density at radius 3 is 1.76 bits per heavy atom. The zero-order valence-electron chi connectivity index (χ0n) is 14.0. The van der Waals surface area contributed by atoms with Crippen molar-refractivity contribution >= 4 is 0 Å². The first-order valence-corrected chi connectivity index (χ1v) is 8.64. The number of ether oxygens (including phenoxy) is 1. The third kappa shape index (κ3) is 5.99. The Hall–Kier alpha value is -1.18. The normalized spacial score (nSPS) is 11.6. The van der Waals surface area contributed by atoms with Crippen LogP contribution < -0.4 is 4.74 Å². The summed E-state index contributed by atoms with van der Waals surface area (Å²) in [6, 6.07) is 7.36. The second-order valence-electron chi connectivity index (χ2n) is 6.06. The van der Waals surface area contributed by atoms with Crippen LogP contribution in [0.2, 0.25) is 0 Å². The van der Waals surface area contributed by atoms with Crippen LogP contribution in [0.1, 0.15) is 78.6 Å². The van der Waals surface area contributed by atoms with Crippen molar-refractivity contribution in [2.24, 2.45) is 0 Å². The highest BCUT2D eigenvalue weighted by molar-refractivity contribution is 5.38. The van der Waals surface area contributed by atoms with Crippen LogP contribution in [0.25, 0.3) is 0 Å². The zero-order chi connectivity index (χ0) is 15.6. The number of hydrogen-bond donors (Lipinski definition) is 1. The number of rotatable bonds is 11. The lowest BCUT2D eigenvalue weighted by Crippen LogP contribution is -2.36. The van der Waals surface area contributed by atoms with E-state index in [1.165, 1.54) is 38.5 Å². The van der Waals surface area contributed by atoms with Crippen LogP contribution >= 0.6 is 0 Å². The lowest BCUT2D eigenvalue weighted by atomic mass is 9.85. The molecule has 0 fully saturated rings. The first-order chi connectivity index (χ1) is 10.2. The molecular formula is C19H32O2. The van der Waals surface area contributed by atoms with Gasteiger partial charge in [-0.15, -0.1) is 0 Å². The molecule has 21 heavy (non-hydrogen) atoms. The van der Waals surface area contributed by atoms with Gasteiger partial charge >= 0.3 is 0 Å². The van der Waals surface area contributed by atoms with Crippen molar-refractivity contribution < 1.29 is 9.84 Å². The van der Waals surface area contributed by atoms with E-state index in [-0.39, 0.29) is 11.4 Å². The van der Waals surface area contributed by atoms with E-state index in [0.717, 1.165) is 19.3 Å². The van der Waals surface area contributed by atoms with Crippen LogP contribution in [0, 0.1) is 0 Å². The van der Waals surface area contributed by atoms with Gasteiger partial charge in [0.15, 0.2) is 11.5 Å². The molecule has 1 aromatic rings. The number of phenolic OH excluding ortho intramolecular Hbond substituents is 1. The maximum absolute atomic E-state index is 10.0. The second kappa shape index (κ2) is 9.70. The summed E-state index contributed by atoms with van der Waals surface area (Å²) in [5, 5.41) is 10.0. The van der Waals surface area contributed by atoms with Gasteiger partial charge in [0.2, 0.25) is 0 Å². The van der Waals surface area contributed by atoms with Gasteiger partial charge in [-0.1, -0.05) is 52.2 Å². The van der Waals surface area contributed by atoms with Gasteiger partial charge in [-0.3, -0.25) is 0 Å². The third-order valence-electron chi connectivity index (χ3n) is 4.15. The molecule has 120 valence electrons. The van der Waals surface area contributed by atoms with Crippen molar-refractivity contribution in [1.29, 1.82) is 0 Å². The molecule has 1 aromatic carbocycles. The Kier molecular flexibility index (Phi) is 8.26. The van der Waals surface area contributed by atoms with E-state index in [4.69, 9.17) is 4.74 Å². The van der Waals surface area contributed by atoms with E-state index in [0.29, 0.717) is 5.75 Å². The van der Waals surface area contributed by atoms with Crippen LogP contribution in [0.15, 0.2) is 24.3 Å². The molecule has 0 saturated carbocycles. The molecule has 0 aromatic heterocycles. The largest absolute Gasteiger partial charge is 0.504 e. The zero-order valence-corrected chi connectivity index (χ0v) is 14.0. The fraction of sp³-hybridized carbons (Fsp3) is 0.684. The average molecular weight is 292 g/mol. The van der Waals surface area contributed by atoms with Gasteiger partial charge in [0.05, 0.1) is 0 Å². The predicted molar refractivity (Wildman–Crippen MR) is 90.0 cm³/mol. The molecule has 0 bridgehead atoms. The standard InChI is InChI=1S/C19H32O2/c1-4-7-14-19(15-8-5-2,16-9-6-3)21-18-13-11-10-12-17(18)20/h10-13,20H,4-9,14-16H2,1-3H3. The minimum atomic E-state index is -0.110. The molecule has 2 nitrogen and oxygen atoms in total. The minimum Gasteiger partial charge on any atom is -0.504 e. The Labute approximate surface area is 130 Å². The van der Waals surface area contributed by atoms with Gasteiger partial charge in [0, 0.05) is 0 Å². The predicted octanol–water partition coefficient (Wildman–Crippen LogP) is 6.08. The van der Waals surface area contributed by atoms with Crippen LogP contribution in [-0.4, -0.2) is 10.7 Å². The number of aromatic hydroxyl groups is 1. The lowest BCUT2D eigenvalue weighted by Gasteiger charge is -2.35. The Balaban J connectivity index is 2.92. The monoisotopic (exact) mass is 292 g/mol. The smallest absolute Gasteiger partial charge is 0.161 e. The highest BCUT2D eigenvalue weighted by atomic mass is 16.5. The minimum absolute atomic E-state index is 0.110. The lowest BCUT2D eigenvalue weighted by molar-refractivity contribution is 0.0322. The summed E-state index contributed by atoms with van der Waals surface area (Å²) < 4.78 is 6.39. The molecule has 0 heterocycles. The van der Waals surface area contributed by atoms with E-state index >= 15 is 0 Å². The van der Waals surface area contributed by atoms with Gasteiger partial charge in [0.25, 0.3) is 0 Å². The summed E-state index contributed by atoms with van der Waals surface area (Å²) in [5.41, 5.74) is -0.110. The molecular weight excluding hydrogens is 260 g/mol. The third-order valence-corrected chi connectivity index (χ3v) is 4.15. The van der Waals surface area contributed by atoms with Crippen LogP contribution in [0.3, 0.4) is 0 Å². The molecule has 0 saturated heterocycles. The SMILES string of the molecule is CCCCC(CCCC)(CCCC)Oc1ccccc1O. The number of unbranched alkanes of at least 4 members (excludes halogenated alkanes) is 3. The molecule has 1 rings (SSSR count). The summed E-state index contributed by atoms with van der Waals surface area (Å²) >= 11 is 0. The topological polar surface area (TPSA) is 29.5 Å². The fourth-order valence-electron chi connectivity index (χ4n) is 2.80. The summed E-state index contributed by atoms with van der Waals surface area (Å²) in [5.74, 6) is 0.896. The van der Waals surface area contributed by atoms with Gasteiger partial charge in [-0.05, 0) is 50.7 Å². The van der Waals surface area contributed by atoms with Crippen molar-refractivity contribution in [2.45, 2.75) is 84.2 Å². The van der Waals surface area contributed by atoms with Crippen molar-refractivity contribution in [3.8, 4) is 11.5 Å². The summed E-state index contributed by atoms with van der Waals surface area (Å²) in [4.78, 5) is 0. The van der Waals surface area contributed by atoms with Crippen molar-refractivity contribution in [3.63, 3.8) is 0 Å². The van der Waals surface area contributed by atoms with Crippen LogP contribution in [0.5, 0.6) is 11.5 Å². The summed E-state index contributed by atoms with van der Waals surface area (Å²) in [6.45, 7) is 6.68. The molecule has 0 unspecified atom stereocenters. The van der Waals surface area contributed by atoms with Crippen LogP contribution in [0.4, 0.5) is 0 Å². The van der Waals surface area contributed by atoms with Crippen LogP contribution in [-0.2, 0) is 0 Å².